The topological polar surface area (TPSA) is 114 Å². The van der Waals surface area contributed by atoms with Crippen LogP contribution in [0.15, 0.2) is 48.5 Å². The molecule has 0 aliphatic carbocycles. The molecule has 1 fully saturated rings. The maximum atomic E-state index is 14.0. The van der Waals surface area contributed by atoms with Gasteiger partial charge in [-0.15, -0.1) is 0 Å². The number of methoxy groups -OCH3 is 1. The van der Waals surface area contributed by atoms with Crippen molar-refractivity contribution < 1.29 is 42.1 Å². The summed E-state index contributed by atoms with van der Waals surface area (Å²) in [6.07, 6.45) is -4.64. The molecule has 1 aliphatic heterocycles. The van der Waals surface area contributed by atoms with Crippen molar-refractivity contribution >= 4 is 17.8 Å². The van der Waals surface area contributed by atoms with Gasteiger partial charge in [0.15, 0.2) is 5.78 Å². The summed E-state index contributed by atoms with van der Waals surface area (Å²) in [5.41, 5.74) is -3.78. The molecule has 0 unspecified atom stereocenters. The van der Waals surface area contributed by atoms with Crippen molar-refractivity contribution in [3.05, 3.63) is 65.2 Å². The summed E-state index contributed by atoms with van der Waals surface area (Å²) in [5, 5.41) is 14.4. The Morgan fingerprint density at radius 2 is 1.65 bits per heavy atom. The van der Waals surface area contributed by atoms with Crippen molar-refractivity contribution in [2.24, 2.45) is 5.92 Å². The molecule has 0 saturated carbocycles. The Balaban J connectivity index is 2.05. The molecule has 1 heterocycles. The Bertz CT molecular complexity index is 1060. The fraction of sp³-hybridized carbons (Fsp3) is 0.348. The molecule has 0 bridgehead atoms. The maximum absolute atomic E-state index is 14.0. The highest BCUT2D eigenvalue weighted by Gasteiger charge is 2.66. The lowest BCUT2D eigenvalue weighted by atomic mass is 9.77. The molecule has 2 aromatic rings. The second kappa shape index (κ2) is 9.72. The Labute approximate surface area is 193 Å². The molecule has 0 radical (unpaired) electrons. The first-order valence-electron chi connectivity index (χ1n) is 10.3. The Morgan fingerprint density at radius 1 is 1.06 bits per heavy atom. The van der Waals surface area contributed by atoms with Crippen molar-refractivity contribution in [1.82, 2.24) is 10.6 Å². The number of alkyl halides is 3. The monoisotopic (exact) mass is 480 g/mol. The summed E-state index contributed by atoms with van der Waals surface area (Å²) in [5.74, 6) is -3.49. The van der Waals surface area contributed by atoms with Crippen LogP contribution in [-0.2, 0) is 4.74 Å². The van der Waals surface area contributed by atoms with Crippen LogP contribution >= 0.6 is 0 Å². The number of halogens is 3. The fourth-order valence-electron chi connectivity index (χ4n) is 3.68. The highest BCUT2D eigenvalue weighted by atomic mass is 19.4. The first-order valence-corrected chi connectivity index (χ1v) is 10.3. The molecule has 3 N–H and O–H groups in total. The van der Waals surface area contributed by atoms with E-state index >= 15 is 0 Å². The quantitative estimate of drug-likeness (QED) is 0.414. The third kappa shape index (κ3) is 4.84. The minimum atomic E-state index is -5.38. The third-order valence-corrected chi connectivity index (χ3v) is 5.39. The lowest BCUT2D eigenvalue weighted by molar-refractivity contribution is -0.287. The zero-order valence-corrected chi connectivity index (χ0v) is 18.3. The zero-order valence-electron chi connectivity index (χ0n) is 18.3. The highest BCUT2D eigenvalue weighted by molar-refractivity contribution is 6.00. The molecule has 1 aliphatic rings. The zero-order chi connectivity index (χ0) is 25.1. The van der Waals surface area contributed by atoms with Crippen LogP contribution in [0.5, 0.6) is 5.75 Å². The van der Waals surface area contributed by atoms with Gasteiger partial charge in [-0.2, -0.15) is 13.2 Å². The van der Waals surface area contributed by atoms with Crippen LogP contribution in [-0.4, -0.2) is 48.5 Å². The van der Waals surface area contributed by atoms with Crippen LogP contribution in [0.25, 0.3) is 0 Å². The smallest absolute Gasteiger partial charge is 0.437 e. The van der Waals surface area contributed by atoms with Crippen LogP contribution in [0, 0.1) is 5.92 Å². The standard InChI is InChI=1S/C23H23F3N2O6/c1-3-12-34-16-10-8-14(9-11-16)19(29)17-18(13-4-6-15(7-5-13)20(30)33-2)27-21(31)28-22(17,32)23(24,25)26/h4-11,17-18,32H,3,12H2,1-2H3,(H2,27,28,31)/t17-,18-,22+/m0/s1. The van der Waals surface area contributed by atoms with Gasteiger partial charge < -0.3 is 25.2 Å². The Morgan fingerprint density at radius 3 is 2.18 bits per heavy atom. The SMILES string of the molecule is CCCOc1ccc(C(=O)[C@@H]2[C@H](c3ccc(C(=O)OC)cc3)NC(=O)N[C@]2(O)C(F)(F)F)cc1. The second-order valence-corrected chi connectivity index (χ2v) is 7.67. The Hall–Kier alpha value is -3.60. The molecule has 1 saturated heterocycles. The molecule has 3 rings (SSSR count). The van der Waals surface area contributed by atoms with Gasteiger partial charge >= 0.3 is 18.2 Å². The number of carbonyl (C=O) groups is 3. The number of benzene rings is 2. The molecule has 182 valence electrons. The largest absolute Gasteiger partial charge is 0.494 e. The molecule has 11 heteroatoms. The van der Waals surface area contributed by atoms with Gasteiger partial charge in [0.25, 0.3) is 0 Å². The number of hydrogen-bond acceptors (Lipinski definition) is 6. The van der Waals surface area contributed by atoms with Gasteiger partial charge in [-0.25, -0.2) is 9.59 Å². The molecule has 3 atom stereocenters. The summed E-state index contributed by atoms with van der Waals surface area (Å²) in [7, 11) is 1.17. The van der Waals surface area contributed by atoms with Gasteiger partial charge in [-0.1, -0.05) is 19.1 Å². The van der Waals surface area contributed by atoms with E-state index in [0.717, 1.165) is 6.42 Å². The lowest BCUT2D eigenvalue weighted by Crippen LogP contribution is -2.72. The van der Waals surface area contributed by atoms with Crippen molar-refractivity contribution in [1.29, 1.82) is 0 Å². The molecule has 8 nitrogen and oxygen atoms in total. The third-order valence-electron chi connectivity index (χ3n) is 5.39. The van der Waals surface area contributed by atoms with E-state index in [1.807, 2.05) is 6.92 Å². The van der Waals surface area contributed by atoms with Crippen molar-refractivity contribution in [3.63, 3.8) is 0 Å². The second-order valence-electron chi connectivity index (χ2n) is 7.67. The summed E-state index contributed by atoms with van der Waals surface area (Å²) < 4.78 is 52.0. The number of Topliss-reactive ketones (excluding diaryl/α,β-unsaturated/α-hetero) is 1. The molecule has 34 heavy (non-hydrogen) atoms. The van der Waals surface area contributed by atoms with Crippen molar-refractivity contribution in [2.45, 2.75) is 31.3 Å². The van der Waals surface area contributed by atoms with E-state index in [2.05, 4.69) is 10.1 Å². The van der Waals surface area contributed by atoms with Gasteiger partial charge in [-0.3, -0.25) is 4.79 Å². The van der Waals surface area contributed by atoms with Crippen LogP contribution in [0.2, 0.25) is 0 Å². The first-order chi connectivity index (χ1) is 16.0. The lowest BCUT2D eigenvalue weighted by Gasteiger charge is -2.45. The fourth-order valence-corrected chi connectivity index (χ4v) is 3.68. The summed E-state index contributed by atoms with van der Waals surface area (Å²) in [6.45, 7) is 2.32. The number of ketones is 1. The Kier molecular flexibility index (Phi) is 7.15. The van der Waals surface area contributed by atoms with Crippen LogP contribution < -0.4 is 15.4 Å². The van der Waals surface area contributed by atoms with Gasteiger partial charge in [-0.05, 0) is 48.4 Å². The average molecular weight is 480 g/mol. The molecule has 2 aromatic carbocycles. The average Bonchev–Trinajstić information content (AvgIpc) is 2.81. The number of rotatable bonds is 7. The number of ether oxygens (including phenoxy) is 2. The van der Waals surface area contributed by atoms with E-state index in [4.69, 9.17) is 4.74 Å². The number of hydrogen-bond donors (Lipinski definition) is 3. The number of esters is 1. The van der Waals surface area contributed by atoms with E-state index in [1.165, 1.54) is 61.0 Å². The van der Waals surface area contributed by atoms with E-state index in [9.17, 15) is 32.7 Å². The van der Waals surface area contributed by atoms with Crippen LogP contribution in [0.3, 0.4) is 0 Å². The highest BCUT2D eigenvalue weighted by Crippen LogP contribution is 2.44. The van der Waals surface area contributed by atoms with Crippen molar-refractivity contribution in [2.75, 3.05) is 13.7 Å². The van der Waals surface area contributed by atoms with Crippen LogP contribution in [0.4, 0.5) is 18.0 Å². The number of carbonyl (C=O) groups excluding carboxylic acids is 3. The van der Waals surface area contributed by atoms with E-state index in [-0.39, 0.29) is 16.7 Å². The maximum Gasteiger partial charge on any atom is 0.437 e. The van der Waals surface area contributed by atoms with Crippen LogP contribution in [0.1, 0.15) is 45.7 Å². The molecular formula is C23H23F3N2O6. The van der Waals surface area contributed by atoms with Gasteiger partial charge in [0.1, 0.15) is 11.7 Å². The van der Waals surface area contributed by atoms with Gasteiger partial charge in [0.05, 0.1) is 25.3 Å². The summed E-state index contributed by atoms with van der Waals surface area (Å²) in [4.78, 5) is 37.1. The number of nitrogens with one attached hydrogen (secondary N) is 2. The van der Waals surface area contributed by atoms with E-state index in [1.54, 1.807) is 0 Å². The number of aliphatic hydroxyl groups is 1. The summed E-state index contributed by atoms with van der Waals surface area (Å²) >= 11 is 0. The number of urea groups is 1. The minimum absolute atomic E-state index is 0.0754. The predicted octanol–water partition coefficient (Wildman–Crippen LogP) is 3.37. The van der Waals surface area contributed by atoms with E-state index in [0.29, 0.717) is 12.4 Å². The van der Waals surface area contributed by atoms with Gasteiger partial charge in [0.2, 0.25) is 5.72 Å². The first kappa shape index (κ1) is 25.0. The predicted molar refractivity (Wildman–Crippen MR) is 113 cm³/mol. The molecular weight excluding hydrogens is 457 g/mol. The summed E-state index contributed by atoms with van der Waals surface area (Å²) in [6, 6.07) is 7.70. The van der Waals surface area contributed by atoms with Gasteiger partial charge in [0, 0.05) is 5.56 Å². The normalized spacial score (nSPS) is 22.4. The van der Waals surface area contributed by atoms with Crippen molar-refractivity contribution in [3.8, 4) is 5.75 Å². The minimum Gasteiger partial charge on any atom is -0.494 e. The molecule has 0 spiro atoms. The van der Waals surface area contributed by atoms with E-state index < -0.39 is 41.6 Å². The number of amides is 2. The molecule has 0 aromatic heterocycles. The molecule has 2 amide bonds.